The number of nitrogens with one attached hydrogen (secondary N) is 2. The molecule has 0 aliphatic heterocycles. The second kappa shape index (κ2) is 9.05. The van der Waals surface area contributed by atoms with Crippen LogP contribution in [0.1, 0.15) is 32.1 Å². The number of hydrogen-bond acceptors (Lipinski definition) is 2. The normalized spacial score (nSPS) is 16.6. The number of hydrogen-bond donors (Lipinski definition) is 2. The van der Waals surface area contributed by atoms with Crippen molar-refractivity contribution < 1.29 is 4.74 Å². The molecular formula is C13H25N3O. The summed E-state index contributed by atoms with van der Waals surface area (Å²) in [5, 5.41) is 6.52. The lowest BCUT2D eigenvalue weighted by atomic mass is 9.97. The van der Waals surface area contributed by atoms with Crippen LogP contribution < -0.4 is 10.6 Å². The molecule has 0 radical (unpaired) electrons. The Morgan fingerprint density at radius 1 is 1.35 bits per heavy atom. The van der Waals surface area contributed by atoms with Crippen molar-refractivity contribution in [2.24, 2.45) is 4.99 Å². The van der Waals surface area contributed by atoms with Crippen molar-refractivity contribution in [1.29, 1.82) is 0 Å². The van der Waals surface area contributed by atoms with Gasteiger partial charge in [-0.3, -0.25) is 4.99 Å². The predicted octanol–water partition coefficient (Wildman–Crippen LogP) is 1.69. The maximum atomic E-state index is 4.98. The van der Waals surface area contributed by atoms with Gasteiger partial charge in [0.05, 0.1) is 6.61 Å². The molecule has 0 heterocycles. The van der Waals surface area contributed by atoms with E-state index in [4.69, 9.17) is 4.74 Å². The molecule has 0 amide bonds. The molecule has 98 valence electrons. The lowest BCUT2D eigenvalue weighted by Crippen LogP contribution is -2.39. The minimum absolute atomic E-state index is 0.700. The van der Waals surface area contributed by atoms with Crippen LogP contribution in [0.3, 0.4) is 0 Å². The average molecular weight is 239 g/mol. The molecule has 2 N–H and O–H groups in total. The summed E-state index contributed by atoms with van der Waals surface area (Å²) < 4.78 is 4.98. The van der Waals surface area contributed by atoms with Gasteiger partial charge in [0.15, 0.2) is 5.96 Å². The third-order valence-electron chi connectivity index (χ3n) is 2.95. The van der Waals surface area contributed by atoms with Crippen LogP contribution in [-0.4, -0.2) is 39.8 Å². The largest absolute Gasteiger partial charge is 0.383 e. The highest BCUT2D eigenvalue weighted by molar-refractivity contribution is 5.79. The highest BCUT2D eigenvalue weighted by Gasteiger charge is 2.03. The van der Waals surface area contributed by atoms with E-state index < -0.39 is 0 Å². The maximum Gasteiger partial charge on any atom is 0.191 e. The van der Waals surface area contributed by atoms with Gasteiger partial charge in [-0.2, -0.15) is 0 Å². The van der Waals surface area contributed by atoms with Crippen LogP contribution >= 0.6 is 0 Å². The van der Waals surface area contributed by atoms with Gasteiger partial charge in [0.25, 0.3) is 0 Å². The van der Waals surface area contributed by atoms with Crippen LogP contribution in [0.25, 0.3) is 0 Å². The minimum atomic E-state index is 0.700. The standard InChI is InChI=1S/C13H25N3O/c1-14-13(16-10-11-17-2)15-9-8-12-6-4-3-5-7-12/h6H,3-5,7-11H2,1-2H3,(H2,14,15,16). The first-order valence-corrected chi connectivity index (χ1v) is 6.48. The zero-order valence-electron chi connectivity index (χ0n) is 11.1. The van der Waals surface area contributed by atoms with Crippen molar-refractivity contribution in [2.45, 2.75) is 32.1 Å². The van der Waals surface area contributed by atoms with E-state index in [1.165, 1.54) is 25.7 Å². The van der Waals surface area contributed by atoms with Gasteiger partial charge in [0, 0.05) is 27.2 Å². The Morgan fingerprint density at radius 2 is 2.18 bits per heavy atom. The van der Waals surface area contributed by atoms with Crippen LogP contribution in [0.4, 0.5) is 0 Å². The first-order valence-electron chi connectivity index (χ1n) is 6.48. The van der Waals surface area contributed by atoms with Gasteiger partial charge >= 0.3 is 0 Å². The third-order valence-corrected chi connectivity index (χ3v) is 2.95. The zero-order valence-corrected chi connectivity index (χ0v) is 11.1. The Morgan fingerprint density at radius 3 is 2.82 bits per heavy atom. The number of ether oxygens (including phenoxy) is 1. The molecule has 0 saturated heterocycles. The molecule has 0 aromatic heterocycles. The highest BCUT2D eigenvalue weighted by atomic mass is 16.5. The quantitative estimate of drug-likeness (QED) is 0.321. The van der Waals surface area contributed by atoms with Gasteiger partial charge in [-0.15, -0.1) is 0 Å². The molecule has 4 heteroatoms. The summed E-state index contributed by atoms with van der Waals surface area (Å²) in [6.07, 6.45) is 8.77. The van der Waals surface area contributed by atoms with Crippen molar-refractivity contribution >= 4 is 5.96 Å². The Bertz CT molecular complexity index is 261. The molecule has 1 aliphatic carbocycles. The van der Waals surface area contributed by atoms with E-state index in [1.807, 2.05) is 0 Å². The second-order valence-electron chi connectivity index (χ2n) is 4.28. The summed E-state index contributed by atoms with van der Waals surface area (Å²) >= 11 is 0. The summed E-state index contributed by atoms with van der Waals surface area (Å²) in [5.74, 6) is 0.860. The Balaban J connectivity index is 2.12. The van der Waals surface area contributed by atoms with Gasteiger partial charge in [-0.1, -0.05) is 11.6 Å². The summed E-state index contributed by atoms with van der Waals surface area (Å²) in [6, 6.07) is 0. The Hall–Kier alpha value is -1.03. The van der Waals surface area contributed by atoms with Crippen molar-refractivity contribution in [1.82, 2.24) is 10.6 Å². The van der Waals surface area contributed by atoms with Gasteiger partial charge < -0.3 is 15.4 Å². The molecule has 0 saturated carbocycles. The number of rotatable bonds is 6. The zero-order chi connectivity index (χ0) is 12.3. The van der Waals surface area contributed by atoms with E-state index >= 15 is 0 Å². The van der Waals surface area contributed by atoms with Crippen molar-refractivity contribution in [3.8, 4) is 0 Å². The molecule has 4 nitrogen and oxygen atoms in total. The van der Waals surface area contributed by atoms with E-state index in [-0.39, 0.29) is 0 Å². The maximum absolute atomic E-state index is 4.98. The van der Waals surface area contributed by atoms with Crippen LogP contribution in [-0.2, 0) is 4.74 Å². The summed E-state index contributed by atoms with van der Waals surface area (Å²) in [5.41, 5.74) is 1.59. The summed E-state index contributed by atoms with van der Waals surface area (Å²) in [6.45, 7) is 2.45. The van der Waals surface area contributed by atoms with Gasteiger partial charge in [0.1, 0.15) is 0 Å². The van der Waals surface area contributed by atoms with Gasteiger partial charge in [-0.05, 0) is 32.1 Å². The smallest absolute Gasteiger partial charge is 0.191 e. The molecular weight excluding hydrogens is 214 g/mol. The van der Waals surface area contributed by atoms with Crippen LogP contribution in [0.15, 0.2) is 16.6 Å². The molecule has 0 unspecified atom stereocenters. The number of nitrogens with zero attached hydrogens (tertiary/aromatic N) is 1. The monoisotopic (exact) mass is 239 g/mol. The first kappa shape index (κ1) is 14.0. The lowest BCUT2D eigenvalue weighted by molar-refractivity contribution is 0.203. The summed E-state index contributed by atoms with van der Waals surface area (Å²) in [4.78, 5) is 4.16. The minimum Gasteiger partial charge on any atom is -0.383 e. The van der Waals surface area contributed by atoms with Crippen LogP contribution in [0.5, 0.6) is 0 Å². The number of methoxy groups -OCH3 is 1. The van der Waals surface area contributed by atoms with Gasteiger partial charge in [0.2, 0.25) is 0 Å². The van der Waals surface area contributed by atoms with E-state index in [0.29, 0.717) is 6.61 Å². The average Bonchev–Trinajstić information content (AvgIpc) is 2.38. The van der Waals surface area contributed by atoms with Crippen molar-refractivity contribution in [3.05, 3.63) is 11.6 Å². The number of allylic oxidation sites excluding steroid dienone is 1. The lowest BCUT2D eigenvalue weighted by Gasteiger charge is -2.15. The molecule has 0 fully saturated rings. The summed E-state index contributed by atoms with van der Waals surface area (Å²) in [7, 11) is 3.50. The predicted molar refractivity (Wildman–Crippen MR) is 72.4 cm³/mol. The number of aliphatic imine (C=N–C) groups is 1. The molecule has 17 heavy (non-hydrogen) atoms. The third kappa shape index (κ3) is 6.31. The van der Waals surface area contributed by atoms with Crippen LogP contribution in [0.2, 0.25) is 0 Å². The highest BCUT2D eigenvalue weighted by Crippen LogP contribution is 2.19. The Labute approximate surface area is 105 Å². The van der Waals surface area contributed by atoms with E-state index in [0.717, 1.165) is 25.5 Å². The molecule has 1 aliphatic rings. The topological polar surface area (TPSA) is 45.7 Å². The van der Waals surface area contributed by atoms with Crippen LogP contribution in [0, 0.1) is 0 Å². The molecule has 0 spiro atoms. The SMILES string of the molecule is CN=C(NCCOC)NCCC1=CCCCC1. The molecule has 1 rings (SSSR count). The fourth-order valence-corrected chi connectivity index (χ4v) is 1.97. The second-order valence-corrected chi connectivity index (χ2v) is 4.28. The van der Waals surface area contributed by atoms with E-state index in [9.17, 15) is 0 Å². The Kier molecular flexibility index (Phi) is 7.47. The molecule has 0 aromatic carbocycles. The first-order chi connectivity index (χ1) is 8.36. The molecule has 0 aromatic rings. The number of guanidine groups is 1. The van der Waals surface area contributed by atoms with Crippen molar-refractivity contribution in [2.75, 3.05) is 33.9 Å². The fraction of sp³-hybridized carbons (Fsp3) is 0.769. The fourth-order valence-electron chi connectivity index (χ4n) is 1.97. The molecule has 0 bridgehead atoms. The van der Waals surface area contributed by atoms with E-state index in [2.05, 4.69) is 21.7 Å². The van der Waals surface area contributed by atoms with E-state index in [1.54, 1.807) is 19.7 Å². The van der Waals surface area contributed by atoms with Crippen molar-refractivity contribution in [3.63, 3.8) is 0 Å². The van der Waals surface area contributed by atoms with Gasteiger partial charge in [-0.25, -0.2) is 0 Å². The molecule has 0 atom stereocenters.